The van der Waals surface area contributed by atoms with Gasteiger partial charge in [-0.3, -0.25) is 20.3 Å². The molecule has 1 saturated carbocycles. The zero-order valence-electron chi connectivity index (χ0n) is 15.8. The second-order valence-electron chi connectivity index (χ2n) is 7.12. The van der Waals surface area contributed by atoms with Crippen molar-refractivity contribution in [3.63, 3.8) is 0 Å². The first kappa shape index (κ1) is 19.3. The van der Waals surface area contributed by atoms with Gasteiger partial charge in [-0.15, -0.1) is 0 Å². The molecule has 2 aliphatic rings. The van der Waals surface area contributed by atoms with Crippen LogP contribution in [-0.4, -0.2) is 59.9 Å². The summed E-state index contributed by atoms with van der Waals surface area (Å²) in [6.07, 6.45) is 0.653. The van der Waals surface area contributed by atoms with Crippen LogP contribution in [0.1, 0.15) is 30.9 Å². The van der Waals surface area contributed by atoms with Gasteiger partial charge in [0.05, 0.1) is 11.6 Å². The topological polar surface area (TPSA) is 111 Å². The lowest BCUT2D eigenvalue weighted by molar-refractivity contribution is -0.137. The second kappa shape index (κ2) is 7.28. The number of benzene rings is 1. The Hall–Kier alpha value is -2.45. The molecule has 1 aromatic carbocycles. The average molecular weight is 374 g/mol. The van der Waals surface area contributed by atoms with Crippen LogP contribution in [-0.2, 0) is 16.0 Å². The van der Waals surface area contributed by atoms with E-state index in [1.54, 1.807) is 25.1 Å². The lowest BCUT2D eigenvalue weighted by atomic mass is 9.84. The van der Waals surface area contributed by atoms with E-state index in [1.165, 1.54) is 11.9 Å². The van der Waals surface area contributed by atoms with Crippen molar-refractivity contribution in [2.45, 2.75) is 31.7 Å². The molecule has 2 amide bonds. The number of piperazine rings is 1. The largest absolute Gasteiger partial charge is 0.341 e. The van der Waals surface area contributed by atoms with Crippen LogP contribution >= 0.6 is 0 Å². The van der Waals surface area contributed by atoms with Crippen LogP contribution in [0.25, 0.3) is 0 Å². The number of Topliss-reactive ketones (excluding diaryl/α,β-unsaturated/α-hetero) is 2. The molecule has 1 spiro atoms. The van der Waals surface area contributed by atoms with Crippen molar-refractivity contribution in [1.29, 1.82) is 0 Å². The zero-order valence-corrected chi connectivity index (χ0v) is 15.8. The summed E-state index contributed by atoms with van der Waals surface area (Å²) < 4.78 is 0. The number of aryl methyl sites for hydroxylation is 1. The van der Waals surface area contributed by atoms with E-state index in [-0.39, 0.29) is 18.1 Å². The Morgan fingerprint density at radius 1 is 1.37 bits per heavy atom. The number of rotatable bonds is 3. The molecule has 4 N–H and O–H groups in total. The minimum Gasteiger partial charge on any atom is -0.341 e. The van der Waals surface area contributed by atoms with Gasteiger partial charge in [0, 0.05) is 32.6 Å². The van der Waals surface area contributed by atoms with Crippen molar-refractivity contribution in [3.8, 4) is 0 Å². The second-order valence-corrected chi connectivity index (χ2v) is 7.12. The molecule has 1 aliphatic heterocycles. The SMILES string of the molecule is CCc1cc(NO)ccc1[C@@H]1C(=O)[C@]2(CNCCN2C(=O)NC)C(=O)[C@H]1C. The number of urea groups is 1. The molecule has 3 rings (SSSR count). The normalized spacial score (nSPS) is 27.9. The Morgan fingerprint density at radius 2 is 2.11 bits per heavy atom. The van der Waals surface area contributed by atoms with Crippen LogP contribution in [0.5, 0.6) is 0 Å². The number of carbonyl (C=O) groups excluding carboxylic acids is 3. The molecular formula is C19H26N4O4. The first-order valence-corrected chi connectivity index (χ1v) is 9.24. The molecule has 1 aromatic rings. The molecule has 27 heavy (non-hydrogen) atoms. The maximum atomic E-state index is 13.6. The molecule has 3 atom stereocenters. The molecule has 2 fully saturated rings. The third-order valence-corrected chi connectivity index (χ3v) is 5.81. The number of anilines is 1. The van der Waals surface area contributed by atoms with E-state index in [0.29, 0.717) is 25.2 Å². The summed E-state index contributed by atoms with van der Waals surface area (Å²) in [4.78, 5) is 40.7. The first-order valence-electron chi connectivity index (χ1n) is 9.24. The van der Waals surface area contributed by atoms with Gasteiger partial charge in [-0.25, -0.2) is 4.79 Å². The summed E-state index contributed by atoms with van der Waals surface area (Å²) in [6, 6.07) is 4.82. The number of nitrogens with one attached hydrogen (secondary N) is 3. The lowest BCUT2D eigenvalue weighted by Gasteiger charge is -2.42. The van der Waals surface area contributed by atoms with Gasteiger partial charge in [0.25, 0.3) is 0 Å². The minimum absolute atomic E-state index is 0.136. The number of hydrogen-bond acceptors (Lipinski definition) is 6. The fourth-order valence-corrected chi connectivity index (χ4v) is 4.43. The van der Waals surface area contributed by atoms with Crippen molar-refractivity contribution in [1.82, 2.24) is 15.5 Å². The Labute approximate surface area is 158 Å². The van der Waals surface area contributed by atoms with Crippen LogP contribution in [0.2, 0.25) is 0 Å². The van der Waals surface area contributed by atoms with Gasteiger partial charge < -0.3 is 15.5 Å². The fourth-order valence-electron chi connectivity index (χ4n) is 4.43. The third-order valence-electron chi connectivity index (χ3n) is 5.81. The van der Waals surface area contributed by atoms with Crippen molar-refractivity contribution in [2.75, 3.05) is 32.2 Å². The molecule has 0 radical (unpaired) electrons. The van der Waals surface area contributed by atoms with Gasteiger partial charge >= 0.3 is 6.03 Å². The van der Waals surface area contributed by atoms with Crippen molar-refractivity contribution in [2.24, 2.45) is 5.92 Å². The van der Waals surface area contributed by atoms with Crippen LogP contribution in [0.15, 0.2) is 18.2 Å². The van der Waals surface area contributed by atoms with E-state index in [4.69, 9.17) is 5.21 Å². The Kier molecular flexibility index (Phi) is 5.21. The highest BCUT2D eigenvalue weighted by atomic mass is 16.5. The molecule has 0 aromatic heterocycles. The number of hydrogen-bond donors (Lipinski definition) is 4. The quantitative estimate of drug-likeness (QED) is 0.462. The monoisotopic (exact) mass is 374 g/mol. The molecular weight excluding hydrogens is 348 g/mol. The Bertz CT molecular complexity index is 781. The van der Waals surface area contributed by atoms with E-state index in [2.05, 4.69) is 16.1 Å². The Balaban J connectivity index is 2.09. The molecule has 1 saturated heterocycles. The highest BCUT2D eigenvalue weighted by Crippen LogP contribution is 2.44. The molecule has 8 nitrogen and oxygen atoms in total. The van der Waals surface area contributed by atoms with Gasteiger partial charge in [-0.2, -0.15) is 0 Å². The predicted octanol–water partition coefficient (Wildman–Crippen LogP) is 0.905. The fraction of sp³-hybridized carbons (Fsp3) is 0.526. The minimum atomic E-state index is -1.47. The molecule has 0 bridgehead atoms. The van der Waals surface area contributed by atoms with E-state index in [1.807, 2.05) is 6.92 Å². The predicted molar refractivity (Wildman–Crippen MR) is 99.9 cm³/mol. The molecule has 1 aliphatic carbocycles. The van der Waals surface area contributed by atoms with E-state index < -0.39 is 23.4 Å². The summed E-state index contributed by atoms with van der Waals surface area (Å²) >= 11 is 0. The van der Waals surface area contributed by atoms with E-state index in [9.17, 15) is 14.4 Å². The number of amides is 2. The van der Waals surface area contributed by atoms with Gasteiger partial charge in [-0.1, -0.05) is 19.9 Å². The third kappa shape index (κ3) is 2.80. The van der Waals surface area contributed by atoms with Crippen LogP contribution < -0.4 is 16.1 Å². The molecule has 8 heteroatoms. The molecule has 0 unspecified atom stereocenters. The number of ketones is 2. The van der Waals surface area contributed by atoms with E-state index in [0.717, 1.165) is 11.1 Å². The lowest BCUT2D eigenvalue weighted by Crippen LogP contribution is -2.70. The summed E-state index contributed by atoms with van der Waals surface area (Å²) in [6.45, 7) is 4.68. The Morgan fingerprint density at radius 3 is 2.74 bits per heavy atom. The smallest absolute Gasteiger partial charge is 0.318 e. The van der Waals surface area contributed by atoms with Crippen LogP contribution in [0.3, 0.4) is 0 Å². The van der Waals surface area contributed by atoms with Crippen molar-refractivity contribution in [3.05, 3.63) is 29.3 Å². The summed E-state index contributed by atoms with van der Waals surface area (Å²) in [5, 5.41) is 14.8. The van der Waals surface area contributed by atoms with Crippen LogP contribution in [0.4, 0.5) is 10.5 Å². The standard InChI is InChI=1S/C19H26N4O4/c1-4-12-9-13(22-27)5-6-14(12)15-11(2)16(24)19(17(15)25)10-21-7-8-23(19)18(26)20-3/h5-6,9,11,15,21-22,27H,4,7-8,10H2,1-3H3,(H,20,26)/t11-,15+,19-/m0/s1. The summed E-state index contributed by atoms with van der Waals surface area (Å²) in [5.41, 5.74) is 2.84. The summed E-state index contributed by atoms with van der Waals surface area (Å²) in [5.74, 6) is -1.62. The maximum absolute atomic E-state index is 13.6. The summed E-state index contributed by atoms with van der Waals surface area (Å²) in [7, 11) is 1.50. The number of carbonyl (C=O) groups is 3. The maximum Gasteiger partial charge on any atom is 0.318 e. The first-order chi connectivity index (χ1) is 12.9. The average Bonchev–Trinajstić information content (AvgIpc) is 2.88. The molecule has 146 valence electrons. The zero-order chi connectivity index (χ0) is 19.8. The van der Waals surface area contributed by atoms with Crippen molar-refractivity contribution < 1.29 is 19.6 Å². The van der Waals surface area contributed by atoms with Crippen molar-refractivity contribution >= 4 is 23.3 Å². The van der Waals surface area contributed by atoms with Gasteiger partial charge in [0.15, 0.2) is 17.1 Å². The highest BCUT2D eigenvalue weighted by Gasteiger charge is 2.63. The highest BCUT2D eigenvalue weighted by molar-refractivity contribution is 6.23. The van der Waals surface area contributed by atoms with Gasteiger partial charge in [0.2, 0.25) is 0 Å². The van der Waals surface area contributed by atoms with Crippen LogP contribution in [0, 0.1) is 5.92 Å². The van der Waals surface area contributed by atoms with E-state index >= 15 is 0 Å². The van der Waals surface area contributed by atoms with Gasteiger partial charge in [0.1, 0.15) is 0 Å². The van der Waals surface area contributed by atoms with Gasteiger partial charge in [-0.05, 0) is 29.7 Å². The number of nitrogens with zero attached hydrogens (tertiary/aromatic N) is 1. The molecule has 1 heterocycles.